The second-order valence-electron chi connectivity index (χ2n) is 7.68. The molecule has 0 spiro atoms. The summed E-state index contributed by atoms with van der Waals surface area (Å²) in [4.78, 5) is 41.8. The number of nitrogens with zero attached hydrogens (tertiary/aromatic N) is 2. The molecule has 2 amide bonds. The predicted octanol–water partition coefficient (Wildman–Crippen LogP) is 1.87. The SMILES string of the molecule is CCOC(=O)CCCOCCCOCCCNC(=O)[C@H]1CC(=O)N(C)[C@@H]1c1cccnc1. The number of pyridine rings is 1. The van der Waals surface area contributed by atoms with Gasteiger partial charge in [0.2, 0.25) is 11.8 Å². The molecule has 1 N–H and O–H groups in total. The summed E-state index contributed by atoms with van der Waals surface area (Å²) in [6.07, 6.45) is 6.09. The Kier molecular flexibility index (Phi) is 11.7. The molecule has 9 nitrogen and oxygen atoms in total. The summed E-state index contributed by atoms with van der Waals surface area (Å²) in [5.74, 6) is -0.762. The zero-order valence-corrected chi connectivity index (χ0v) is 19.1. The lowest BCUT2D eigenvalue weighted by atomic mass is 9.94. The van der Waals surface area contributed by atoms with Crippen LogP contribution in [0.15, 0.2) is 24.5 Å². The number of carbonyl (C=O) groups is 3. The summed E-state index contributed by atoms with van der Waals surface area (Å²) >= 11 is 0. The van der Waals surface area contributed by atoms with E-state index in [1.165, 1.54) is 0 Å². The second kappa shape index (κ2) is 14.5. The molecule has 1 saturated heterocycles. The maximum atomic E-state index is 12.7. The fraction of sp³-hybridized carbons (Fsp3) is 0.652. The molecule has 1 aromatic heterocycles. The van der Waals surface area contributed by atoms with Gasteiger partial charge < -0.3 is 24.4 Å². The molecular weight excluding hydrogens is 414 g/mol. The zero-order chi connectivity index (χ0) is 23.2. The molecule has 9 heteroatoms. The van der Waals surface area contributed by atoms with Crippen molar-refractivity contribution < 1.29 is 28.6 Å². The molecule has 0 radical (unpaired) electrons. The first-order chi connectivity index (χ1) is 15.5. The lowest BCUT2D eigenvalue weighted by molar-refractivity contribution is -0.143. The third-order valence-electron chi connectivity index (χ3n) is 5.27. The van der Waals surface area contributed by atoms with E-state index in [1.54, 1.807) is 31.3 Å². The van der Waals surface area contributed by atoms with E-state index in [0.29, 0.717) is 58.8 Å². The lowest BCUT2D eigenvalue weighted by Gasteiger charge is -2.24. The molecule has 2 heterocycles. The smallest absolute Gasteiger partial charge is 0.305 e. The van der Waals surface area contributed by atoms with Crippen molar-refractivity contribution in [1.82, 2.24) is 15.2 Å². The van der Waals surface area contributed by atoms with Gasteiger partial charge in [-0.15, -0.1) is 0 Å². The number of ether oxygens (including phenoxy) is 3. The molecule has 178 valence electrons. The van der Waals surface area contributed by atoms with E-state index in [0.717, 1.165) is 12.0 Å². The van der Waals surface area contributed by atoms with Crippen molar-refractivity contribution >= 4 is 17.8 Å². The van der Waals surface area contributed by atoms with Crippen molar-refractivity contribution in [1.29, 1.82) is 0 Å². The lowest BCUT2D eigenvalue weighted by Crippen LogP contribution is -2.35. The van der Waals surface area contributed by atoms with Crippen molar-refractivity contribution in [3.63, 3.8) is 0 Å². The Morgan fingerprint density at radius 2 is 1.88 bits per heavy atom. The Balaban J connectivity index is 1.52. The summed E-state index contributed by atoms with van der Waals surface area (Å²) in [6.45, 7) is 4.93. The third kappa shape index (κ3) is 8.55. The van der Waals surface area contributed by atoms with Crippen LogP contribution in [0.25, 0.3) is 0 Å². The molecular formula is C23H35N3O6. The van der Waals surface area contributed by atoms with Crippen molar-refractivity contribution in [2.75, 3.05) is 46.6 Å². The van der Waals surface area contributed by atoms with Crippen LogP contribution in [0.2, 0.25) is 0 Å². The van der Waals surface area contributed by atoms with Crippen LogP contribution in [-0.4, -0.2) is 74.3 Å². The van der Waals surface area contributed by atoms with E-state index >= 15 is 0 Å². The molecule has 2 atom stereocenters. The highest BCUT2D eigenvalue weighted by atomic mass is 16.5. The molecule has 32 heavy (non-hydrogen) atoms. The topological polar surface area (TPSA) is 107 Å². The minimum atomic E-state index is -0.418. The van der Waals surface area contributed by atoms with Crippen molar-refractivity contribution in [3.8, 4) is 0 Å². The third-order valence-corrected chi connectivity index (χ3v) is 5.27. The van der Waals surface area contributed by atoms with E-state index in [-0.39, 0.29) is 30.2 Å². The van der Waals surface area contributed by atoms with Gasteiger partial charge in [0.15, 0.2) is 0 Å². The predicted molar refractivity (Wildman–Crippen MR) is 118 cm³/mol. The van der Waals surface area contributed by atoms with E-state index in [4.69, 9.17) is 14.2 Å². The van der Waals surface area contributed by atoms with Crippen LogP contribution in [0, 0.1) is 5.92 Å². The van der Waals surface area contributed by atoms with Crippen molar-refractivity contribution in [2.45, 2.75) is 45.1 Å². The van der Waals surface area contributed by atoms with Gasteiger partial charge in [-0.1, -0.05) is 6.07 Å². The van der Waals surface area contributed by atoms with Crippen molar-refractivity contribution in [3.05, 3.63) is 30.1 Å². The molecule has 1 aliphatic heterocycles. The number of amides is 2. The number of carbonyl (C=O) groups excluding carboxylic acids is 3. The summed E-state index contributed by atoms with van der Waals surface area (Å²) < 4.78 is 15.9. The molecule has 1 aliphatic rings. The average molecular weight is 450 g/mol. The highest BCUT2D eigenvalue weighted by Gasteiger charge is 2.42. The van der Waals surface area contributed by atoms with Crippen LogP contribution in [0.4, 0.5) is 0 Å². The van der Waals surface area contributed by atoms with E-state index in [1.807, 2.05) is 12.1 Å². The number of esters is 1. The minimum absolute atomic E-state index is 0.0366. The number of hydrogen-bond donors (Lipinski definition) is 1. The number of aromatic nitrogens is 1. The summed E-state index contributed by atoms with van der Waals surface area (Å²) in [7, 11) is 1.73. The summed E-state index contributed by atoms with van der Waals surface area (Å²) in [5.41, 5.74) is 0.868. The van der Waals surface area contributed by atoms with Gasteiger partial charge in [-0.25, -0.2) is 0 Å². The zero-order valence-electron chi connectivity index (χ0n) is 19.1. The Bertz CT molecular complexity index is 715. The Hall–Kier alpha value is -2.52. The summed E-state index contributed by atoms with van der Waals surface area (Å²) in [5, 5.41) is 2.93. The van der Waals surface area contributed by atoms with Crippen LogP contribution in [-0.2, 0) is 28.6 Å². The minimum Gasteiger partial charge on any atom is -0.466 e. The fourth-order valence-electron chi connectivity index (χ4n) is 3.65. The molecule has 0 unspecified atom stereocenters. The average Bonchev–Trinajstić information content (AvgIpc) is 3.09. The van der Waals surface area contributed by atoms with Gasteiger partial charge in [0, 0.05) is 65.3 Å². The maximum Gasteiger partial charge on any atom is 0.305 e. The highest BCUT2D eigenvalue weighted by molar-refractivity contribution is 5.90. The molecule has 2 rings (SSSR count). The number of nitrogens with one attached hydrogen (secondary N) is 1. The molecule has 0 aliphatic carbocycles. The van der Waals surface area contributed by atoms with Gasteiger partial charge in [-0.2, -0.15) is 0 Å². The number of hydrogen-bond acceptors (Lipinski definition) is 7. The first-order valence-electron chi connectivity index (χ1n) is 11.3. The van der Waals surface area contributed by atoms with Crippen LogP contribution >= 0.6 is 0 Å². The molecule has 0 bridgehead atoms. The Labute approximate surface area is 189 Å². The van der Waals surface area contributed by atoms with E-state index in [9.17, 15) is 14.4 Å². The first-order valence-corrected chi connectivity index (χ1v) is 11.3. The molecule has 1 aromatic rings. The van der Waals surface area contributed by atoms with E-state index < -0.39 is 5.92 Å². The first kappa shape index (κ1) is 25.7. The fourth-order valence-corrected chi connectivity index (χ4v) is 3.65. The van der Waals surface area contributed by atoms with Gasteiger partial charge in [0.1, 0.15) is 0 Å². The summed E-state index contributed by atoms with van der Waals surface area (Å²) in [6, 6.07) is 3.42. The monoisotopic (exact) mass is 449 g/mol. The maximum absolute atomic E-state index is 12.7. The quantitative estimate of drug-likeness (QED) is 0.322. The van der Waals surface area contributed by atoms with Gasteiger partial charge in [-0.05, 0) is 37.8 Å². The Morgan fingerprint density at radius 3 is 2.56 bits per heavy atom. The molecule has 0 saturated carbocycles. The van der Waals surface area contributed by atoms with Gasteiger partial charge in [0.05, 0.1) is 18.6 Å². The normalized spacial score (nSPS) is 18.1. The molecule has 1 fully saturated rings. The van der Waals surface area contributed by atoms with Crippen LogP contribution in [0.3, 0.4) is 0 Å². The largest absolute Gasteiger partial charge is 0.466 e. The van der Waals surface area contributed by atoms with Crippen LogP contribution < -0.4 is 5.32 Å². The Morgan fingerprint density at radius 1 is 1.16 bits per heavy atom. The highest BCUT2D eigenvalue weighted by Crippen LogP contribution is 2.36. The van der Waals surface area contributed by atoms with Crippen molar-refractivity contribution in [2.24, 2.45) is 5.92 Å². The second-order valence-corrected chi connectivity index (χ2v) is 7.68. The standard InChI is InChI=1S/C23H35N3O6/c1-3-32-21(28)9-5-12-30-14-7-15-31-13-6-11-25-23(29)19-16-20(27)26(2)22(19)18-8-4-10-24-17-18/h4,8,10,17,19,22H,3,5-7,9,11-16H2,1-2H3,(H,25,29)/t19-,22+/m0/s1. The van der Waals surface area contributed by atoms with Gasteiger partial charge in [0.25, 0.3) is 0 Å². The number of likely N-dealkylation sites (tertiary alicyclic amines) is 1. The van der Waals surface area contributed by atoms with Crippen LogP contribution in [0.5, 0.6) is 0 Å². The number of rotatable bonds is 15. The van der Waals surface area contributed by atoms with Gasteiger partial charge in [-0.3, -0.25) is 19.4 Å². The van der Waals surface area contributed by atoms with Crippen LogP contribution in [0.1, 0.15) is 50.6 Å². The molecule has 0 aromatic carbocycles. The van der Waals surface area contributed by atoms with Gasteiger partial charge >= 0.3 is 5.97 Å². The van der Waals surface area contributed by atoms with E-state index in [2.05, 4.69) is 10.3 Å².